The molecule has 0 aliphatic rings. The summed E-state index contributed by atoms with van der Waals surface area (Å²) in [6.45, 7) is 3.03. The number of nitrogens with one attached hydrogen (secondary N) is 1. The van der Waals surface area contributed by atoms with E-state index in [-0.39, 0.29) is 27.8 Å². The number of sulfonamides is 1. The number of rotatable bonds is 11. The van der Waals surface area contributed by atoms with E-state index in [2.05, 4.69) is 5.32 Å². The Hall–Kier alpha value is -2.36. The van der Waals surface area contributed by atoms with Gasteiger partial charge < -0.3 is 10.2 Å². The summed E-state index contributed by atoms with van der Waals surface area (Å²) in [5.74, 6) is -1.68. The Bertz CT molecular complexity index is 1130. The molecule has 1 atom stereocenters. The fourth-order valence-corrected chi connectivity index (χ4v) is 4.49. The van der Waals surface area contributed by atoms with Gasteiger partial charge in [0.2, 0.25) is 21.8 Å². The molecule has 11 heteroatoms. The number of hydrogen-bond acceptors (Lipinski definition) is 4. The van der Waals surface area contributed by atoms with Crippen LogP contribution in [0.25, 0.3) is 0 Å². The van der Waals surface area contributed by atoms with Gasteiger partial charge >= 0.3 is 0 Å². The van der Waals surface area contributed by atoms with Crippen molar-refractivity contribution in [1.29, 1.82) is 0 Å². The Kier molecular flexibility index (Phi) is 10.1. The molecule has 0 aromatic heterocycles. The van der Waals surface area contributed by atoms with Crippen molar-refractivity contribution < 1.29 is 22.4 Å². The largest absolute Gasteiger partial charge is 0.354 e. The van der Waals surface area contributed by atoms with Gasteiger partial charge in [-0.05, 0) is 37.6 Å². The van der Waals surface area contributed by atoms with E-state index >= 15 is 0 Å². The minimum absolute atomic E-state index is 0.0240. The Balaban J connectivity index is 2.41. The van der Waals surface area contributed by atoms with E-state index in [0.29, 0.717) is 6.54 Å². The highest BCUT2D eigenvalue weighted by molar-refractivity contribution is 7.92. The Morgan fingerprint density at radius 3 is 2.44 bits per heavy atom. The predicted molar refractivity (Wildman–Crippen MR) is 133 cm³/mol. The van der Waals surface area contributed by atoms with Crippen LogP contribution in [0.15, 0.2) is 42.5 Å². The molecule has 0 radical (unpaired) electrons. The van der Waals surface area contributed by atoms with Crippen molar-refractivity contribution in [1.82, 2.24) is 10.2 Å². The highest BCUT2D eigenvalue weighted by atomic mass is 35.5. The summed E-state index contributed by atoms with van der Waals surface area (Å²) >= 11 is 12.2. The molecule has 0 aliphatic carbocycles. The summed E-state index contributed by atoms with van der Waals surface area (Å²) in [6, 6.07) is 9.13. The first kappa shape index (κ1) is 27.9. The number of anilines is 1. The normalized spacial score (nSPS) is 12.2. The Morgan fingerprint density at radius 1 is 1.15 bits per heavy atom. The van der Waals surface area contributed by atoms with Crippen LogP contribution in [0.4, 0.5) is 10.1 Å². The van der Waals surface area contributed by atoms with Crippen LogP contribution in [0, 0.1) is 5.82 Å². The lowest BCUT2D eigenvalue weighted by Gasteiger charge is -2.31. The molecule has 2 aromatic rings. The van der Waals surface area contributed by atoms with E-state index in [9.17, 15) is 22.4 Å². The number of carbonyl (C=O) groups excluding carboxylic acids is 2. The molecule has 186 valence electrons. The van der Waals surface area contributed by atoms with Crippen molar-refractivity contribution >= 4 is 50.7 Å². The van der Waals surface area contributed by atoms with Gasteiger partial charge in [0.05, 0.1) is 17.0 Å². The van der Waals surface area contributed by atoms with Gasteiger partial charge in [0, 0.05) is 23.7 Å². The molecule has 0 saturated heterocycles. The summed E-state index contributed by atoms with van der Waals surface area (Å²) in [6.07, 6.45) is 2.56. The van der Waals surface area contributed by atoms with Crippen molar-refractivity contribution in [2.45, 2.75) is 39.3 Å². The molecule has 2 aromatic carbocycles. The van der Waals surface area contributed by atoms with Crippen molar-refractivity contribution in [2.24, 2.45) is 0 Å². The fourth-order valence-electron chi connectivity index (χ4n) is 3.20. The molecular formula is C23H28Cl2FN3O4S. The van der Waals surface area contributed by atoms with Gasteiger partial charge in [-0.15, -0.1) is 0 Å². The van der Waals surface area contributed by atoms with E-state index in [4.69, 9.17) is 23.2 Å². The average Bonchev–Trinajstić information content (AvgIpc) is 2.77. The molecule has 1 N–H and O–H groups in total. The lowest BCUT2D eigenvalue weighted by molar-refractivity contribution is -0.139. The van der Waals surface area contributed by atoms with Gasteiger partial charge in [-0.2, -0.15) is 0 Å². The molecule has 2 rings (SSSR count). The van der Waals surface area contributed by atoms with E-state index < -0.39 is 40.2 Å². The molecule has 0 bridgehead atoms. The molecule has 0 fully saturated rings. The third-order valence-corrected chi connectivity index (χ3v) is 6.83. The Labute approximate surface area is 209 Å². The zero-order valence-electron chi connectivity index (χ0n) is 19.2. The van der Waals surface area contributed by atoms with Crippen LogP contribution >= 0.6 is 23.2 Å². The predicted octanol–water partition coefficient (Wildman–Crippen LogP) is 4.23. The second-order valence-electron chi connectivity index (χ2n) is 7.80. The van der Waals surface area contributed by atoms with Gasteiger partial charge in [0.1, 0.15) is 18.4 Å². The van der Waals surface area contributed by atoms with Crippen molar-refractivity contribution in [2.75, 3.05) is 23.7 Å². The number of halogens is 3. The first-order valence-electron chi connectivity index (χ1n) is 10.7. The number of nitrogens with zero attached hydrogens (tertiary/aromatic N) is 2. The number of amides is 2. The first-order chi connectivity index (χ1) is 16.0. The maximum Gasteiger partial charge on any atom is 0.244 e. The molecule has 0 heterocycles. The summed E-state index contributed by atoms with van der Waals surface area (Å²) in [7, 11) is -3.96. The van der Waals surface area contributed by atoms with E-state index in [1.807, 2.05) is 6.92 Å². The molecule has 7 nitrogen and oxygen atoms in total. The summed E-state index contributed by atoms with van der Waals surface area (Å²) in [5.41, 5.74) is 0.215. The Morgan fingerprint density at radius 2 is 1.82 bits per heavy atom. The summed E-state index contributed by atoms with van der Waals surface area (Å²) in [4.78, 5) is 27.3. The van der Waals surface area contributed by atoms with Crippen molar-refractivity contribution in [3.05, 3.63) is 63.9 Å². The number of hydrogen-bond donors (Lipinski definition) is 1. The molecule has 0 aliphatic heterocycles. The highest BCUT2D eigenvalue weighted by Gasteiger charge is 2.31. The minimum Gasteiger partial charge on any atom is -0.354 e. The topological polar surface area (TPSA) is 86.8 Å². The smallest absolute Gasteiger partial charge is 0.244 e. The molecule has 0 unspecified atom stereocenters. The highest BCUT2D eigenvalue weighted by Crippen LogP contribution is 2.31. The lowest BCUT2D eigenvalue weighted by Crippen LogP contribution is -2.51. The zero-order valence-corrected chi connectivity index (χ0v) is 21.6. The van der Waals surface area contributed by atoms with Gasteiger partial charge in [-0.25, -0.2) is 12.8 Å². The monoisotopic (exact) mass is 531 g/mol. The van der Waals surface area contributed by atoms with Crippen LogP contribution in [0.2, 0.25) is 10.0 Å². The first-order valence-corrected chi connectivity index (χ1v) is 13.3. The fraction of sp³-hybridized carbons (Fsp3) is 0.391. The van der Waals surface area contributed by atoms with Gasteiger partial charge in [-0.3, -0.25) is 13.9 Å². The quantitative estimate of drug-likeness (QED) is 0.439. The van der Waals surface area contributed by atoms with Gasteiger partial charge in [-0.1, -0.05) is 54.7 Å². The number of benzene rings is 2. The second-order valence-corrected chi connectivity index (χ2v) is 10.5. The number of unbranched alkanes of at least 4 members (excludes halogenated alkanes) is 1. The third-order valence-electron chi connectivity index (χ3n) is 5.15. The van der Waals surface area contributed by atoms with Crippen molar-refractivity contribution in [3.63, 3.8) is 0 Å². The zero-order chi connectivity index (χ0) is 25.5. The summed E-state index contributed by atoms with van der Waals surface area (Å²) < 4.78 is 40.3. The molecule has 2 amide bonds. The maximum atomic E-state index is 14.4. The average molecular weight is 532 g/mol. The van der Waals surface area contributed by atoms with Crippen molar-refractivity contribution in [3.8, 4) is 0 Å². The van der Waals surface area contributed by atoms with Crippen LogP contribution in [0.3, 0.4) is 0 Å². The van der Waals surface area contributed by atoms with Gasteiger partial charge in [0.15, 0.2) is 0 Å². The van der Waals surface area contributed by atoms with Crippen LogP contribution in [0.1, 0.15) is 32.3 Å². The molecule has 0 saturated carbocycles. The van der Waals surface area contributed by atoms with E-state index in [1.165, 1.54) is 43.3 Å². The van der Waals surface area contributed by atoms with Crippen LogP contribution in [-0.2, 0) is 26.2 Å². The van der Waals surface area contributed by atoms with Crippen LogP contribution < -0.4 is 9.62 Å². The third kappa shape index (κ3) is 7.58. The molecule has 0 spiro atoms. The summed E-state index contributed by atoms with van der Waals surface area (Å²) in [5, 5.41) is 3.06. The second kappa shape index (κ2) is 12.4. The number of carbonyl (C=O) groups is 2. The SMILES string of the molecule is CCCCNC(=O)[C@@H](C)N(Cc1ccccc1F)C(=O)CN(c1cc(Cl)ccc1Cl)S(C)(=O)=O. The minimum atomic E-state index is -3.96. The van der Waals surface area contributed by atoms with Crippen LogP contribution in [0.5, 0.6) is 0 Å². The van der Waals surface area contributed by atoms with E-state index in [0.717, 1.165) is 28.3 Å². The standard InChI is InChI=1S/C23H28Cl2FN3O4S/c1-4-5-12-27-23(31)16(2)28(14-17-8-6-7-9-20(17)26)22(30)15-29(34(3,32)33)21-13-18(24)10-11-19(21)25/h6-11,13,16H,4-5,12,14-15H2,1-3H3,(H,27,31)/t16-/m1/s1. The van der Waals surface area contributed by atoms with Gasteiger partial charge in [0.25, 0.3) is 0 Å². The lowest BCUT2D eigenvalue weighted by atomic mass is 10.1. The van der Waals surface area contributed by atoms with Crippen LogP contribution in [-0.4, -0.2) is 50.5 Å². The molecular weight excluding hydrogens is 504 g/mol. The molecule has 34 heavy (non-hydrogen) atoms. The van der Waals surface area contributed by atoms with E-state index in [1.54, 1.807) is 6.07 Å². The maximum absolute atomic E-state index is 14.4.